The van der Waals surface area contributed by atoms with Gasteiger partial charge in [0, 0.05) is 23.5 Å². The second-order valence-electron chi connectivity index (χ2n) is 5.74. The van der Waals surface area contributed by atoms with Crippen LogP contribution < -0.4 is 10.6 Å². The van der Waals surface area contributed by atoms with Gasteiger partial charge in [0.1, 0.15) is 17.0 Å². The average molecular weight is 290 g/mol. The van der Waals surface area contributed by atoms with Crippen molar-refractivity contribution in [3.63, 3.8) is 0 Å². The normalized spacial score (nSPS) is 23.5. The zero-order chi connectivity index (χ0) is 14.3. The molecule has 4 nitrogen and oxygen atoms in total. The molecule has 20 heavy (non-hydrogen) atoms. The van der Waals surface area contributed by atoms with E-state index in [0.29, 0.717) is 18.6 Å². The van der Waals surface area contributed by atoms with Crippen LogP contribution >= 0.6 is 11.3 Å². The van der Waals surface area contributed by atoms with Crippen LogP contribution in [0.5, 0.6) is 0 Å². The maximum atomic E-state index is 6.00. The molecule has 1 aliphatic heterocycles. The van der Waals surface area contributed by atoms with Crippen molar-refractivity contribution in [1.29, 1.82) is 0 Å². The molecule has 2 aromatic heterocycles. The molecule has 2 N–H and O–H groups in total. The lowest BCUT2D eigenvalue weighted by Crippen LogP contribution is -2.49. The van der Waals surface area contributed by atoms with Crippen molar-refractivity contribution in [1.82, 2.24) is 9.97 Å². The van der Waals surface area contributed by atoms with Crippen LogP contribution in [0.25, 0.3) is 10.2 Å². The van der Waals surface area contributed by atoms with E-state index in [-0.39, 0.29) is 0 Å². The summed E-state index contributed by atoms with van der Waals surface area (Å²) in [6.07, 6.45) is 5.33. The summed E-state index contributed by atoms with van der Waals surface area (Å²) in [7, 11) is 0. The van der Waals surface area contributed by atoms with Gasteiger partial charge in [0.15, 0.2) is 0 Å². The highest BCUT2D eigenvalue weighted by Gasteiger charge is 2.30. The summed E-state index contributed by atoms with van der Waals surface area (Å²) in [6.45, 7) is 7.31. The summed E-state index contributed by atoms with van der Waals surface area (Å²) < 4.78 is 0. The van der Waals surface area contributed by atoms with Crippen LogP contribution in [-0.2, 0) is 0 Å². The summed E-state index contributed by atoms with van der Waals surface area (Å²) in [5, 5.41) is 1.22. The van der Waals surface area contributed by atoms with Gasteiger partial charge in [-0.2, -0.15) is 0 Å². The summed E-state index contributed by atoms with van der Waals surface area (Å²) >= 11 is 1.76. The first-order chi connectivity index (χ1) is 9.63. The molecular weight excluding hydrogens is 268 g/mol. The Kier molecular flexibility index (Phi) is 3.65. The second-order valence-corrected chi connectivity index (χ2v) is 6.94. The Balaban J connectivity index is 2.17. The third-order valence-electron chi connectivity index (χ3n) is 4.49. The largest absolute Gasteiger partial charge is 0.349 e. The molecule has 108 valence electrons. The van der Waals surface area contributed by atoms with E-state index in [1.165, 1.54) is 28.7 Å². The molecule has 1 saturated heterocycles. The first kappa shape index (κ1) is 13.8. The maximum absolute atomic E-state index is 6.00. The fourth-order valence-corrected chi connectivity index (χ4v) is 4.25. The minimum absolute atomic E-state index is 0.399. The first-order valence-electron chi connectivity index (χ1n) is 7.32. The Bertz CT molecular complexity index is 622. The lowest BCUT2D eigenvalue weighted by Gasteiger charge is -2.41. The van der Waals surface area contributed by atoms with Crippen LogP contribution in [0.3, 0.4) is 0 Å². The van der Waals surface area contributed by atoms with Crippen LogP contribution in [0, 0.1) is 13.8 Å². The fourth-order valence-electron chi connectivity index (χ4n) is 3.26. The Hall–Kier alpha value is -1.20. The SMILES string of the molecule is Cc1sc2ncnc(N3C(C)CCCC3CN)c2c1C. The molecule has 1 fully saturated rings. The number of anilines is 1. The van der Waals surface area contributed by atoms with Crippen molar-refractivity contribution < 1.29 is 0 Å². The van der Waals surface area contributed by atoms with Gasteiger partial charge in [-0.3, -0.25) is 0 Å². The van der Waals surface area contributed by atoms with Crippen molar-refractivity contribution >= 4 is 27.4 Å². The molecule has 5 heteroatoms. The number of hydrogen-bond donors (Lipinski definition) is 1. The van der Waals surface area contributed by atoms with E-state index in [4.69, 9.17) is 5.73 Å². The highest BCUT2D eigenvalue weighted by Crippen LogP contribution is 2.37. The lowest BCUT2D eigenvalue weighted by atomic mass is 9.96. The molecule has 0 radical (unpaired) electrons. The third-order valence-corrected chi connectivity index (χ3v) is 5.60. The molecule has 0 amide bonds. The Morgan fingerprint density at radius 1 is 1.35 bits per heavy atom. The summed E-state index contributed by atoms with van der Waals surface area (Å²) in [4.78, 5) is 13.9. The number of piperidine rings is 1. The molecule has 0 bridgehead atoms. The Morgan fingerprint density at radius 2 is 2.15 bits per heavy atom. The molecule has 0 saturated carbocycles. The van der Waals surface area contributed by atoms with E-state index < -0.39 is 0 Å². The monoisotopic (exact) mass is 290 g/mol. The molecule has 1 aliphatic rings. The second kappa shape index (κ2) is 5.30. The fraction of sp³-hybridized carbons (Fsp3) is 0.600. The molecule has 2 aromatic rings. The molecule has 3 heterocycles. The van der Waals surface area contributed by atoms with E-state index in [1.807, 2.05) is 0 Å². The number of aryl methyl sites for hydroxylation is 2. The van der Waals surface area contributed by atoms with Gasteiger partial charge in [0.2, 0.25) is 0 Å². The van der Waals surface area contributed by atoms with Crippen molar-refractivity contribution in [2.24, 2.45) is 5.73 Å². The van der Waals surface area contributed by atoms with Gasteiger partial charge in [0.05, 0.1) is 5.39 Å². The highest BCUT2D eigenvalue weighted by atomic mass is 32.1. The highest BCUT2D eigenvalue weighted by molar-refractivity contribution is 7.18. The van der Waals surface area contributed by atoms with Crippen LogP contribution in [0.2, 0.25) is 0 Å². The summed E-state index contributed by atoms with van der Waals surface area (Å²) in [5.74, 6) is 1.08. The van der Waals surface area contributed by atoms with Crippen LogP contribution in [-0.4, -0.2) is 28.6 Å². The number of nitrogens with zero attached hydrogens (tertiary/aromatic N) is 3. The van der Waals surface area contributed by atoms with Crippen molar-refractivity contribution in [3.8, 4) is 0 Å². The number of thiophene rings is 1. The first-order valence-corrected chi connectivity index (χ1v) is 8.14. The van der Waals surface area contributed by atoms with Crippen molar-refractivity contribution in [2.75, 3.05) is 11.4 Å². The van der Waals surface area contributed by atoms with Gasteiger partial charge in [-0.1, -0.05) is 0 Å². The lowest BCUT2D eigenvalue weighted by molar-refractivity contribution is 0.398. The number of nitrogens with two attached hydrogens (primary N) is 1. The van der Waals surface area contributed by atoms with E-state index in [0.717, 1.165) is 17.1 Å². The van der Waals surface area contributed by atoms with E-state index in [9.17, 15) is 0 Å². The van der Waals surface area contributed by atoms with Crippen LogP contribution in [0.1, 0.15) is 36.6 Å². The Morgan fingerprint density at radius 3 is 2.90 bits per heavy atom. The quantitative estimate of drug-likeness (QED) is 0.923. The minimum atomic E-state index is 0.399. The number of hydrogen-bond acceptors (Lipinski definition) is 5. The van der Waals surface area contributed by atoms with Gasteiger partial charge in [-0.05, 0) is 45.6 Å². The van der Waals surface area contributed by atoms with E-state index >= 15 is 0 Å². The van der Waals surface area contributed by atoms with Gasteiger partial charge in [-0.25, -0.2) is 9.97 Å². The average Bonchev–Trinajstić information content (AvgIpc) is 2.74. The number of aromatic nitrogens is 2. The molecule has 2 unspecified atom stereocenters. The molecule has 0 aliphatic carbocycles. The maximum Gasteiger partial charge on any atom is 0.141 e. The van der Waals surface area contributed by atoms with Crippen molar-refractivity contribution in [3.05, 3.63) is 16.8 Å². The number of fused-ring (bicyclic) bond motifs is 1. The van der Waals surface area contributed by atoms with Crippen molar-refractivity contribution in [2.45, 2.75) is 52.1 Å². The standard InChI is InChI=1S/C15H22N4S/c1-9-5-4-6-12(7-16)19(9)14-13-10(2)11(3)20-15(13)18-8-17-14/h8-9,12H,4-7,16H2,1-3H3. The summed E-state index contributed by atoms with van der Waals surface area (Å²) in [5.41, 5.74) is 7.31. The topological polar surface area (TPSA) is 55.0 Å². The molecule has 0 spiro atoms. The zero-order valence-corrected chi connectivity index (χ0v) is 13.2. The number of rotatable bonds is 2. The Labute approximate surface area is 124 Å². The van der Waals surface area contributed by atoms with Gasteiger partial charge in [0.25, 0.3) is 0 Å². The van der Waals surface area contributed by atoms with Gasteiger partial charge < -0.3 is 10.6 Å². The van der Waals surface area contributed by atoms with Gasteiger partial charge >= 0.3 is 0 Å². The van der Waals surface area contributed by atoms with Gasteiger partial charge in [-0.15, -0.1) is 11.3 Å². The predicted molar refractivity (Wildman–Crippen MR) is 85.5 cm³/mol. The third kappa shape index (κ3) is 2.09. The van der Waals surface area contributed by atoms with Crippen LogP contribution in [0.15, 0.2) is 6.33 Å². The molecule has 0 aromatic carbocycles. The molecular formula is C15H22N4S. The zero-order valence-electron chi connectivity index (χ0n) is 12.4. The van der Waals surface area contributed by atoms with Crippen LogP contribution in [0.4, 0.5) is 5.82 Å². The van der Waals surface area contributed by atoms with E-state index in [2.05, 4.69) is 35.6 Å². The smallest absolute Gasteiger partial charge is 0.141 e. The predicted octanol–water partition coefficient (Wildman–Crippen LogP) is 3.01. The molecule has 3 rings (SSSR count). The minimum Gasteiger partial charge on any atom is -0.349 e. The summed E-state index contributed by atoms with van der Waals surface area (Å²) in [6, 6.07) is 0.895. The van der Waals surface area contributed by atoms with E-state index in [1.54, 1.807) is 17.7 Å². The molecule has 2 atom stereocenters.